The van der Waals surface area contributed by atoms with Crippen LogP contribution in [0.2, 0.25) is 0 Å². The smallest absolute Gasteiger partial charge is 0.248 e. The van der Waals surface area contributed by atoms with Crippen LogP contribution < -0.4 is 16.0 Å². The summed E-state index contributed by atoms with van der Waals surface area (Å²) in [5.74, 6) is 0.785. The van der Waals surface area contributed by atoms with E-state index in [1.165, 1.54) is 6.42 Å². The highest BCUT2D eigenvalue weighted by Gasteiger charge is 2.37. The molecule has 1 saturated heterocycles. The number of nitrogens with one attached hydrogen (secondary N) is 3. The fourth-order valence-electron chi connectivity index (χ4n) is 5.47. The van der Waals surface area contributed by atoms with Gasteiger partial charge in [0.05, 0.1) is 12.1 Å². The number of carbonyl (C=O) groups excluding carboxylic acids is 2. The minimum Gasteiger partial charge on any atom is -0.362 e. The molecule has 7 heteroatoms. The van der Waals surface area contributed by atoms with Crippen molar-refractivity contribution in [3.8, 4) is 11.1 Å². The molecule has 2 amide bonds. The van der Waals surface area contributed by atoms with Crippen molar-refractivity contribution in [1.82, 2.24) is 20.5 Å². The van der Waals surface area contributed by atoms with Crippen LogP contribution in [0.1, 0.15) is 51.9 Å². The van der Waals surface area contributed by atoms with Gasteiger partial charge in [-0.2, -0.15) is 0 Å². The number of pyridine rings is 1. The summed E-state index contributed by atoms with van der Waals surface area (Å²) in [6.07, 6.45) is 9.05. The van der Waals surface area contributed by atoms with Crippen LogP contribution in [-0.2, 0) is 9.59 Å². The monoisotopic (exact) mass is 489 g/mol. The van der Waals surface area contributed by atoms with Gasteiger partial charge in [-0.25, -0.2) is 4.98 Å². The lowest BCUT2D eigenvalue weighted by atomic mass is 9.82. The molecule has 192 valence electrons. The topological polar surface area (TPSA) is 86.4 Å². The number of benzene rings is 1. The first-order chi connectivity index (χ1) is 17.5. The standard InChI is InChI=1S/C29H39N5O2/c1-20(30-3)28(35)32-26(23-14-8-5-9-15-23)21(2)34-19-11-17-25(34)29(36)33-27-24(16-10-18-31-27)22-12-6-4-7-13-22/h4,6-7,10,12-13,16,18,20,23,25-26,30H,2,5,8-9,11,14-15,17,19H2,1,3H3,(H,32,35)(H,31,33,36)/t20-,25-,26+/m0/s1. The van der Waals surface area contributed by atoms with E-state index in [0.29, 0.717) is 11.7 Å². The van der Waals surface area contributed by atoms with Crippen LogP contribution in [0.4, 0.5) is 5.82 Å². The predicted octanol–water partition coefficient (Wildman–Crippen LogP) is 4.34. The van der Waals surface area contributed by atoms with Crippen LogP contribution in [0, 0.1) is 5.92 Å². The molecule has 0 unspecified atom stereocenters. The number of nitrogens with zero attached hydrogens (tertiary/aromatic N) is 2. The summed E-state index contributed by atoms with van der Waals surface area (Å²) in [5, 5.41) is 9.39. The highest BCUT2D eigenvalue weighted by atomic mass is 16.2. The molecule has 1 aromatic carbocycles. The van der Waals surface area contributed by atoms with E-state index in [9.17, 15) is 9.59 Å². The predicted molar refractivity (Wildman–Crippen MR) is 144 cm³/mol. The highest BCUT2D eigenvalue weighted by Crippen LogP contribution is 2.34. The number of aromatic nitrogens is 1. The zero-order chi connectivity index (χ0) is 25.5. The summed E-state index contributed by atoms with van der Waals surface area (Å²) < 4.78 is 0. The van der Waals surface area contributed by atoms with Crippen molar-refractivity contribution in [3.63, 3.8) is 0 Å². The van der Waals surface area contributed by atoms with Crippen LogP contribution >= 0.6 is 0 Å². The molecule has 7 nitrogen and oxygen atoms in total. The lowest BCUT2D eigenvalue weighted by Gasteiger charge is -2.38. The maximum atomic E-state index is 13.6. The average molecular weight is 490 g/mol. The lowest BCUT2D eigenvalue weighted by molar-refractivity contribution is -0.123. The largest absolute Gasteiger partial charge is 0.362 e. The molecule has 36 heavy (non-hydrogen) atoms. The van der Waals surface area contributed by atoms with E-state index in [0.717, 1.165) is 61.9 Å². The van der Waals surface area contributed by atoms with Gasteiger partial charge in [-0.3, -0.25) is 9.59 Å². The van der Waals surface area contributed by atoms with Crippen molar-refractivity contribution in [3.05, 3.63) is 60.9 Å². The number of likely N-dealkylation sites (tertiary alicyclic amines) is 1. The molecule has 4 rings (SSSR count). The molecule has 0 bridgehead atoms. The minimum atomic E-state index is -0.340. The third kappa shape index (κ3) is 5.95. The summed E-state index contributed by atoms with van der Waals surface area (Å²) >= 11 is 0. The first kappa shape index (κ1) is 25.9. The Kier molecular flexibility index (Phi) is 8.75. The zero-order valence-electron chi connectivity index (χ0n) is 21.5. The van der Waals surface area contributed by atoms with Crippen molar-refractivity contribution < 1.29 is 9.59 Å². The maximum absolute atomic E-state index is 13.6. The van der Waals surface area contributed by atoms with E-state index in [1.807, 2.05) is 49.4 Å². The fourth-order valence-corrected chi connectivity index (χ4v) is 5.47. The summed E-state index contributed by atoms with van der Waals surface area (Å²) in [4.78, 5) is 33.0. The molecule has 2 fully saturated rings. The zero-order valence-corrected chi connectivity index (χ0v) is 21.5. The van der Waals surface area contributed by atoms with Crippen LogP contribution in [0.3, 0.4) is 0 Å². The quantitative estimate of drug-likeness (QED) is 0.488. The third-order valence-electron chi connectivity index (χ3n) is 7.66. The van der Waals surface area contributed by atoms with Gasteiger partial charge < -0.3 is 20.9 Å². The highest BCUT2D eigenvalue weighted by molar-refractivity contribution is 5.97. The fraction of sp³-hybridized carbons (Fsp3) is 0.483. The van der Waals surface area contributed by atoms with E-state index < -0.39 is 0 Å². The normalized spacial score (nSPS) is 19.9. The molecule has 2 heterocycles. The molecular weight excluding hydrogens is 450 g/mol. The molecule has 1 aliphatic heterocycles. The number of amides is 2. The van der Waals surface area contributed by atoms with Crippen LogP contribution in [0.15, 0.2) is 60.9 Å². The Morgan fingerprint density at radius 3 is 2.50 bits per heavy atom. The molecule has 0 radical (unpaired) electrons. The molecule has 2 aromatic rings. The molecule has 1 aliphatic carbocycles. The Balaban J connectivity index is 1.52. The van der Waals surface area contributed by atoms with Gasteiger partial charge in [0.25, 0.3) is 0 Å². The summed E-state index contributed by atoms with van der Waals surface area (Å²) in [7, 11) is 1.79. The lowest BCUT2D eigenvalue weighted by Crippen LogP contribution is -2.52. The van der Waals surface area contributed by atoms with Gasteiger partial charge in [0, 0.05) is 24.0 Å². The number of hydrogen-bond acceptors (Lipinski definition) is 5. The molecule has 3 atom stereocenters. The molecule has 1 aromatic heterocycles. The van der Waals surface area contributed by atoms with Crippen LogP contribution in [-0.4, -0.2) is 53.4 Å². The molecular formula is C29H39N5O2. The second kappa shape index (κ2) is 12.2. The van der Waals surface area contributed by atoms with E-state index in [1.54, 1.807) is 13.2 Å². The molecule has 1 saturated carbocycles. The number of carbonyl (C=O) groups is 2. The minimum absolute atomic E-state index is 0.0320. The van der Waals surface area contributed by atoms with Gasteiger partial charge in [-0.15, -0.1) is 0 Å². The first-order valence-electron chi connectivity index (χ1n) is 13.2. The van der Waals surface area contributed by atoms with Crippen LogP contribution in [0.5, 0.6) is 0 Å². The summed E-state index contributed by atoms with van der Waals surface area (Å²) in [6.45, 7) is 7.07. The maximum Gasteiger partial charge on any atom is 0.248 e. The van der Waals surface area contributed by atoms with Crippen LogP contribution in [0.25, 0.3) is 11.1 Å². The number of likely N-dealkylation sites (N-methyl/N-ethyl adjacent to an activating group) is 1. The van der Waals surface area contributed by atoms with E-state index in [2.05, 4.69) is 32.4 Å². The first-order valence-corrected chi connectivity index (χ1v) is 13.2. The Hall–Kier alpha value is -3.19. The average Bonchev–Trinajstić information content (AvgIpc) is 3.42. The Bertz CT molecular complexity index is 1050. The SMILES string of the molecule is C=C([C@@H](NC(=O)[C@H](C)NC)C1CCCCC1)N1CCC[C@H]1C(=O)Nc1ncccc1-c1ccccc1. The molecule has 3 N–H and O–H groups in total. The summed E-state index contributed by atoms with van der Waals surface area (Å²) in [5.41, 5.74) is 2.75. The van der Waals surface area contributed by atoms with E-state index in [-0.39, 0.29) is 29.9 Å². The Labute approximate surface area is 214 Å². The number of rotatable bonds is 9. The molecule has 0 spiro atoms. The van der Waals surface area contributed by atoms with Gasteiger partial charge in [0.15, 0.2) is 0 Å². The van der Waals surface area contributed by atoms with Gasteiger partial charge in [-0.1, -0.05) is 56.2 Å². The van der Waals surface area contributed by atoms with Crippen molar-refractivity contribution in [2.24, 2.45) is 5.92 Å². The Morgan fingerprint density at radius 1 is 1.03 bits per heavy atom. The second-order valence-electron chi connectivity index (χ2n) is 9.99. The number of anilines is 1. The van der Waals surface area contributed by atoms with Gasteiger partial charge in [0.2, 0.25) is 11.8 Å². The van der Waals surface area contributed by atoms with Gasteiger partial charge >= 0.3 is 0 Å². The van der Waals surface area contributed by atoms with Crippen molar-refractivity contribution in [2.45, 2.75) is 70.0 Å². The third-order valence-corrected chi connectivity index (χ3v) is 7.66. The van der Waals surface area contributed by atoms with Gasteiger partial charge in [-0.05, 0) is 63.3 Å². The molecule has 2 aliphatic rings. The summed E-state index contributed by atoms with van der Waals surface area (Å²) in [6, 6.07) is 13.0. The second-order valence-corrected chi connectivity index (χ2v) is 9.99. The van der Waals surface area contributed by atoms with Gasteiger partial charge in [0.1, 0.15) is 11.9 Å². The number of hydrogen-bond donors (Lipinski definition) is 3. The van der Waals surface area contributed by atoms with Crippen molar-refractivity contribution >= 4 is 17.6 Å². The van der Waals surface area contributed by atoms with E-state index in [4.69, 9.17) is 0 Å². The van der Waals surface area contributed by atoms with E-state index >= 15 is 0 Å². The van der Waals surface area contributed by atoms with Crippen molar-refractivity contribution in [2.75, 3.05) is 18.9 Å². The van der Waals surface area contributed by atoms with Crippen molar-refractivity contribution in [1.29, 1.82) is 0 Å². The Morgan fingerprint density at radius 2 is 1.78 bits per heavy atom.